The molecule has 0 aromatic heterocycles. The first-order valence-electron chi connectivity index (χ1n) is 5.70. The van der Waals surface area contributed by atoms with Crippen LogP contribution in [0.1, 0.15) is 18.1 Å². The average Bonchev–Trinajstić information content (AvgIpc) is 2.39. The van der Waals surface area contributed by atoms with Gasteiger partial charge in [0, 0.05) is 0 Å². The van der Waals surface area contributed by atoms with Gasteiger partial charge in [-0.3, -0.25) is 5.73 Å². The molecule has 0 aliphatic rings. The SMILES string of the molecule is CC([NH])C(O)(c1ccccc1)c1ccccc1. The second kappa shape index (κ2) is 4.70. The van der Waals surface area contributed by atoms with Crippen LogP contribution in [-0.2, 0) is 5.60 Å². The topological polar surface area (TPSA) is 44.0 Å². The molecule has 1 atom stereocenters. The lowest BCUT2D eigenvalue weighted by molar-refractivity contribution is 0.0553. The minimum atomic E-state index is -1.25. The second-order valence-electron chi connectivity index (χ2n) is 4.22. The Kier molecular flexibility index (Phi) is 3.27. The van der Waals surface area contributed by atoms with E-state index in [1.54, 1.807) is 6.92 Å². The van der Waals surface area contributed by atoms with Crippen LogP contribution in [-0.4, -0.2) is 11.1 Å². The summed E-state index contributed by atoms with van der Waals surface area (Å²) in [5.74, 6) is 0. The smallest absolute Gasteiger partial charge is 0.131 e. The summed E-state index contributed by atoms with van der Waals surface area (Å²) in [5.41, 5.74) is 8.23. The molecule has 0 spiro atoms. The summed E-state index contributed by atoms with van der Waals surface area (Å²) >= 11 is 0. The van der Waals surface area contributed by atoms with Gasteiger partial charge in [0.2, 0.25) is 0 Å². The van der Waals surface area contributed by atoms with Crippen molar-refractivity contribution in [3.63, 3.8) is 0 Å². The standard InChI is InChI=1S/C15H16NO/c1-12(16)15(17,13-8-4-2-5-9-13)14-10-6-3-7-11-14/h2-12,16-17H,1H3. The minimum Gasteiger partial charge on any atom is -0.379 e. The lowest BCUT2D eigenvalue weighted by Gasteiger charge is -2.32. The monoisotopic (exact) mass is 226 g/mol. The van der Waals surface area contributed by atoms with Gasteiger partial charge in [0.05, 0.1) is 6.04 Å². The largest absolute Gasteiger partial charge is 0.379 e. The molecule has 0 aliphatic carbocycles. The zero-order valence-electron chi connectivity index (χ0n) is 9.80. The van der Waals surface area contributed by atoms with Crippen LogP contribution in [0.5, 0.6) is 0 Å². The van der Waals surface area contributed by atoms with E-state index in [2.05, 4.69) is 0 Å². The fourth-order valence-corrected chi connectivity index (χ4v) is 2.05. The molecule has 0 fully saturated rings. The van der Waals surface area contributed by atoms with Crippen molar-refractivity contribution in [2.45, 2.75) is 18.6 Å². The van der Waals surface area contributed by atoms with Crippen LogP contribution in [0, 0.1) is 0 Å². The van der Waals surface area contributed by atoms with E-state index in [1.807, 2.05) is 60.7 Å². The molecule has 87 valence electrons. The molecule has 2 N–H and O–H groups in total. The van der Waals surface area contributed by atoms with Gasteiger partial charge in [-0.2, -0.15) is 0 Å². The van der Waals surface area contributed by atoms with Crippen molar-refractivity contribution in [3.8, 4) is 0 Å². The number of aliphatic hydroxyl groups is 1. The molecule has 0 saturated heterocycles. The predicted molar refractivity (Wildman–Crippen MR) is 68.4 cm³/mol. The van der Waals surface area contributed by atoms with Crippen LogP contribution in [0.3, 0.4) is 0 Å². The normalized spacial score (nSPS) is 13.4. The van der Waals surface area contributed by atoms with Gasteiger partial charge in [0.1, 0.15) is 5.60 Å². The Labute approximate surface area is 102 Å². The van der Waals surface area contributed by atoms with Gasteiger partial charge < -0.3 is 5.11 Å². The molecule has 2 nitrogen and oxygen atoms in total. The lowest BCUT2D eigenvalue weighted by Crippen LogP contribution is -2.39. The van der Waals surface area contributed by atoms with Gasteiger partial charge in [0.15, 0.2) is 0 Å². The van der Waals surface area contributed by atoms with Gasteiger partial charge in [-0.25, -0.2) is 0 Å². The van der Waals surface area contributed by atoms with Crippen molar-refractivity contribution >= 4 is 0 Å². The first-order chi connectivity index (χ1) is 8.15. The Morgan fingerprint density at radius 1 is 0.882 bits per heavy atom. The van der Waals surface area contributed by atoms with Crippen molar-refractivity contribution in [3.05, 3.63) is 71.8 Å². The molecule has 2 aromatic carbocycles. The molecule has 0 saturated carbocycles. The van der Waals surface area contributed by atoms with E-state index in [0.29, 0.717) is 0 Å². The maximum atomic E-state index is 10.8. The summed E-state index contributed by atoms with van der Waals surface area (Å²) in [6, 6.07) is 18.1. The Hall–Kier alpha value is -1.64. The van der Waals surface area contributed by atoms with Crippen LogP contribution in [0.25, 0.3) is 0 Å². The zero-order chi connectivity index (χ0) is 12.3. The average molecular weight is 226 g/mol. The van der Waals surface area contributed by atoms with E-state index in [4.69, 9.17) is 5.73 Å². The Morgan fingerprint density at radius 2 is 1.24 bits per heavy atom. The summed E-state index contributed by atoms with van der Waals surface area (Å²) in [5, 5.41) is 10.8. The molecule has 1 unspecified atom stereocenters. The van der Waals surface area contributed by atoms with Gasteiger partial charge >= 0.3 is 0 Å². The molecule has 2 rings (SSSR count). The number of rotatable bonds is 3. The third-order valence-electron chi connectivity index (χ3n) is 3.05. The first kappa shape index (κ1) is 11.8. The summed E-state index contributed by atoms with van der Waals surface area (Å²) in [6.45, 7) is 1.71. The van der Waals surface area contributed by atoms with Crippen molar-refractivity contribution in [2.24, 2.45) is 0 Å². The highest BCUT2D eigenvalue weighted by Gasteiger charge is 2.35. The fraction of sp³-hybridized carbons (Fsp3) is 0.200. The van der Waals surface area contributed by atoms with Gasteiger partial charge in [0.25, 0.3) is 0 Å². The third-order valence-corrected chi connectivity index (χ3v) is 3.05. The number of nitrogens with one attached hydrogen (secondary N) is 1. The van der Waals surface area contributed by atoms with Crippen LogP contribution in [0.4, 0.5) is 0 Å². The predicted octanol–water partition coefficient (Wildman–Crippen LogP) is 2.59. The van der Waals surface area contributed by atoms with Gasteiger partial charge in [-0.1, -0.05) is 60.7 Å². The van der Waals surface area contributed by atoms with E-state index in [0.717, 1.165) is 11.1 Å². The van der Waals surface area contributed by atoms with Gasteiger partial charge in [-0.15, -0.1) is 0 Å². The van der Waals surface area contributed by atoms with E-state index in [9.17, 15) is 5.11 Å². The molecule has 2 heteroatoms. The Balaban J connectivity index is 2.55. The van der Waals surface area contributed by atoms with Crippen molar-refractivity contribution in [2.75, 3.05) is 0 Å². The first-order valence-corrected chi connectivity index (χ1v) is 5.70. The molecule has 17 heavy (non-hydrogen) atoms. The fourth-order valence-electron chi connectivity index (χ4n) is 2.05. The molecule has 0 bridgehead atoms. The third kappa shape index (κ3) is 2.09. The summed E-state index contributed by atoms with van der Waals surface area (Å²) in [4.78, 5) is 0. The summed E-state index contributed by atoms with van der Waals surface area (Å²) in [6.07, 6.45) is 0. The highest BCUT2D eigenvalue weighted by Crippen LogP contribution is 2.32. The molecule has 2 aromatic rings. The molecule has 0 aliphatic heterocycles. The number of hydrogen-bond acceptors (Lipinski definition) is 1. The second-order valence-corrected chi connectivity index (χ2v) is 4.22. The van der Waals surface area contributed by atoms with Crippen LogP contribution in [0.2, 0.25) is 0 Å². The summed E-state index contributed by atoms with van der Waals surface area (Å²) in [7, 11) is 0. The highest BCUT2D eigenvalue weighted by atomic mass is 16.3. The molecule has 0 heterocycles. The Morgan fingerprint density at radius 3 is 1.53 bits per heavy atom. The molecular formula is C15H16NO. The van der Waals surface area contributed by atoms with Crippen molar-refractivity contribution in [1.29, 1.82) is 0 Å². The van der Waals surface area contributed by atoms with E-state index in [-0.39, 0.29) is 0 Å². The van der Waals surface area contributed by atoms with E-state index >= 15 is 0 Å². The quantitative estimate of drug-likeness (QED) is 0.859. The van der Waals surface area contributed by atoms with Crippen molar-refractivity contribution in [1.82, 2.24) is 5.73 Å². The maximum Gasteiger partial charge on any atom is 0.131 e. The number of benzene rings is 2. The van der Waals surface area contributed by atoms with Crippen molar-refractivity contribution < 1.29 is 5.11 Å². The van der Waals surface area contributed by atoms with Crippen LogP contribution in [0.15, 0.2) is 60.7 Å². The molecule has 0 amide bonds. The highest BCUT2D eigenvalue weighted by molar-refractivity contribution is 5.37. The maximum absolute atomic E-state index is 10.8. The molecule has 1 radical (unpaired) electrons. The van der Waals surface area contributed by atoms with E-state index < -0.39 is 11.6 Å². The lowest BCUT2D eigenvalue weighted by atomic mass is 9.81. The zero-order valence-corrected chi connectivity index (χ0v) is 9.80. The molecular weight excluding hydrogens is 210 g/mol. The van der Waals surface area contributed by atoms with E-state index in [1.165, 1.54) is 0 Å². The van der Waals surface area contributed by atoms with Crippen LogP contribution < -0.4 is 5.73 Å². The summed E-state index contributed by atoms with van der Waals surface area (Å²) < 4.78 is 0. The van der Waals surface area contributed by atoms with Crippen LogP contribution >= 0.6 is 0 Å². The Bertz CT molecular complexity index is 425. The minimum absolute atomic E-state index is 0.632. The number of hydrogen-bond donors (Lipinski definition) is 1. The van der Waals surface area contributed by atoms with Gasteiger partial charge in [-0.05, 0) is 18.1 Å².